The lowest BCUT2D eigenvalue weighted by atomic mass is 9.95. The third-order valence-corrected chi connectivity index (χ3v) is 8.09. The van der Waals surface area contributed by atoms with Crippen LogP contribution in [0.3, 0.4) is 0 Å². The summed E-state index contributed by atoms with van der Waals surface area (Å²) in [5, 5.41) is 8.89. The summed E-state index contributed by atoms with van der Waals surface area (Å²) >= 11 is 6.55. The van der Waals surface area contributed by atoms with Gasteiger partial charge in [-0.15, -0.1) is 11.3 Å². The second kappa shape index (κ2) is 9.48. The Morgan fingerprint density at radius 1 is 1.06 bits per heavy atom. The van der Waals surface area contributed by atoms with E-state index in [9.17, 15) is 14.4 Å². The molecule has 3 aromatic rings. The molecule has 1 fully saturated rings. The van der Waals surface area contributed by atoms with Crippen molar-refractivity contribution >= 4 is 58.2 Å². The third-order valence-electron chi connectivity index (χ3n) is 6.61. The van der Waals surface area contributed by atoms with E-state index < -0.39 is 11.8 Å². The Morgan fingerprint density at radius 2 is 1.72 bits per heavy atom. The molecule has 2 aromatic heterocycles. The van der Waals surface area contributed by atoms with Crippen molar-refractivity contribution in [3.05, 3.63) is 74.4 Å². The highest BCUT2D eigenvalue weighted by molar-refractivity contribution is 7.80. The van der Waals surface area contributed by atoms with E-state index in [1.807, 2.05) is 51.1 Å². The monoisotopic (exact) mass is 518 g/mol. The maximum absolute atomic E-state index is 13.6. The summed E-state index contributed by atoms with van der Waals surface area (Å²) < 4.78 is 2.06. The number of hydrogen-bond acceptors (Lipinski definition) is 5. The van der Waals surface area contributed by atoms with Gasteiger partial charge in [-0.1, -0.05) is 17.7 Å². The van der Waals surface area contributed by atoms with Crippen LogP contribution in [-0.4, -0.2) is 27.4 Å². The molecule has 0 saturated carbocycles. The molecule has 0 radical (unpaired) electrons. The van der Waals surface area contributed by atoms with Gasteiger partial charge in [0, 0.05) is 22.0 Å². The van der Waals surface area contributed by atoms with Gasteiger partial charge in [0.25, 0.3) is 17.7 Å². The highest BCUT2D eigenvalue weighted by atomic mass is 32.1. The van der Waals surface area contributed by atoms with Crippen molar-refractivity contribution in [3.8, 4) is 5.00 Å². The number of rotatable bonds is 4. The number of amides is 3. The number of carbonyl (C=O) groups is 3. The van der Waals surface area contributed by atoms with Gasteiger partial charge < -0.3 is 9.88 Å². The topological polar surface area (TPSA) is 92.2 Å². The van der Waals surface area contributed by atoms with E-state index in [4.69, 9.17) is 12.2 Å². The summed E-state index contributed by atoms with van der Waals surface area (Å²) in [7, 11) is 0. The molecule has 0 spiro atoms. The van der Waals surface area contributed by atoms with E-state index >= 15 is 0 Å². The fourth-order valence-corrected chi connectivity index (χ4v) is 6.46. The predicted molar refractivity (Wildman–Crippen MR) is 146 cm³/mol. The van der Waals surface area contributed by atoms with Gasteiger partial charge >= 0.3 is 0 Å². The summed E-state index contributed by atoms with van der Waals surface area (Å²) in [6, 6.07) is 9.70. The van der Waals surface area contributed by atoms with Crippen LogP contribution < -0.4 is 16.0 Å². The lowest BCUT2D eigenvalue weighted by Gasteiger charge is -2.16. The Labute approximate surface area is 218 Å². The Morgan fingerprint density at radius 3 is 2.42 bits per heavy atom. The summed E-state index contributed by atoms with van der Waals surface area (Å²) in [4.78, 5) is 39.6. The van der Waals surface area contributed by atoms with Crippen LogP contribution >= 0.6 is 23.6 Å². The first-order chi connectivity index (χ1) is 17.2. The van der Waals surface area contributed by atoms with E-state index in [2.05, 4.69) is 20.5 Å². The van der Waals surface area contributed by atoms with E-state index in [0.717, 1.165) is 64.4 Å². The maximum Gasteiger partial charge on any atom is 0.263 e. The number of nitrogens with one attached hydrogen (secondary N) is 3. The zero-order chi connectivity index (χ0) is 25.6. The molecule has 0 atom stereocenters. The standard InChI is InChI=1S/C27H26N4O3S2/c1-14-8-10-18(11-9-14)28-25(34)22-19-6-4-5-7-21(19)36-26(22)31-15(2)12-17(16(31)3)13-20-23(32)29-27(35)30-24(20)33/h8-13H,4-7H2,1-3H3,(H,28,34)(H2,29,30,32,33,35). The lowest BCUT2D eigenvalue weighted by molar-refractivity contribution is -0.123. The molecular formula is C27H26N4O3S2. The number of nitrogens with zero attached hydrogens (tertiary/aromatic N) is 1. The molecule has 3 heterocycles. The summed E-state index contributed by atoms with van der Waals surface area (Å²) in [5.41, 5.74) is 6.19. The van der Waals surface area contributed by atoms with Crippen molar-refractivity contribution in [1.29, 1.82) is 0 Å². The third kappa shape index (κ3) is 4.40. The van der Waals surface area contributed by atoms with Crippen molar-refractivity contribution in [3.63, 3.8) is 0 Å². The van der Waals surface area contributed by atoms with Gasteiger partial charge in [-0.25, -0.2) is 0 Å². The first kappa shape index (κ1) is 24.1. The number of anilines is 1. The molecule has 5 rings (SSSR count). The Hall–Kier alpha value is -3.56. The highest BCUT2D eigenvalue weighted by Gasteiger charge is 2.29. The van der Waals surface area contributed by atoms with Crippen LogP contribution in [0.2, 0.25) is 0 Å². The normalized spacial score (nSPS) is 15.3. The number of fused-ring (bicyclic) bond motifs is 1. The van der Waals surface area contributed by atoms with E-state index in [0.29, 0.717) is 5.56 Å². The molecule has 2 aliphatic rings. The number of hydrogen-bond donors (Lipinski definition) is 3. The van der Waals surface area contributed by atoms with Crippen LogP contribution in [0.5, 0.6) is 0 Å². The highest BCUT2D eigenvalue weighted by Crippen LogP contribution is 2.39. The van der Waals surface area contributed by atoms with Crippen molar-refractivity contribution in [2.24, 2.45) is 0 Å². The van der Waals surface area contributed by atoms with Gasteiger partial charge in [0.15, 0.2) is 5.11 Å². The minimum Gasteiger partial charge on any atom is -0.322 e. The fourth-order valence-electron chi connectivity index (χ4n) is 4.78. The molecule has 184 valence electrons. The average Bonchev–Trinajstić information content (AvgIpc) is 3.33. The molecule has 9 heteroatoms. The summed E-state index contributed by atoms with van der Waals surface area (Å²) in [6.07, 6.45) is 5.57. The minimum absolute atomic E-state index is 0.000944. The van der Waals surface area contributed by atoms with Crippen LogP contribution in [0.15, 0.2) is 35.9 Å². The quantitative estimate of drug-likeness (QED) is 0.269. The minimum atomic E-state index is -0.529. The van der Waals surface area contributed by atoms with Crippen molar-refractivity contribution in [1.82, 2.24) is 15.2 Å². The Bertz CT molecular complexity index is 1440. The van der Waals surface area contributed by atoms with E-state index in [-0.39, 0.29) is 16.6 Å². The molecule has 0 bridgehead atoms. The smallest absolute Gasteiger partial charge is 0.263 e. The second-order valence-corrected chi connectivity index (χ2v) is 10.7. The zero-order valence-electron chi connectivity index (χ0n) is 20.3. The Kier molecular flexibility index (Phi) is 6.36. The molecule has 36 heavy (non-hydrogen) atoms. The number of aryl methyl sites for hydroxylation is 3. The van der Waals surface area contributed by atoms with Crippen molar-refractivity contribution in [2.45, 2.75) is 46.5 Å². The fraction of sp³-hybridized carbons (Fsp3) is 0.259. The predicted octanol–water partition coefficient (Wildman–Crippen LogP) is 4.51. The molecule has 1 saturated heterocycles. The number of thiophene rings is 1. The average molecular weight is 519 g/mol. The molecule has 0 unspecified atom stereocenters. The van der Waals surface area contributed by atoms with Gasteiger partial charge in [-0.05, 0) is 94.1 Å². The number of carbonyl (C=O) groups excluding carboxylic acids is 3. The summed E-state index contributed by atoms with van der Waals surface area (Å²) in [6.45, 7) is 5.91. The van der Waals surface area contributed by atoms with Crippen LogP contribution in [0, 0.1) is 20.8 Å². The van der Waals surface area contributed by atoms with Gasteiger partial charge in [-0.2, -0.15) is 0 Å². The van der Waals surface area contributed by atoms with Crippen molar-refractivity contribution in [2.75, 3.05) is 5.32 Å². The number of aromatic nitrogens is 1. The van der Waals surface area contributed by atoms with E-state index in [1.54, 1.807) is 17.4 Å². The molecule has 7 nitrogen and oxygen atoms in total. The SMILES string of the molecule is Cc1ccc(NC(=O)c2c(-n3c(C)cc(C=C4C(=O)NC(=S)NC4=O)c3C)sc3c2CCCC3)cc1. The van der Waals surface area contributed by atoms with Crippen LogP contribution in [0.25, 0.3) is 11.1 Å². The zero-order valence-corrected chi connectivity index (χ0v) is 21.9. The molecule has 1 aliphatic heterocycles. The first-order valence-corrected chi connectivity index (χ1v) is 13.1. The molecule has 1 aromatic carbocycles. The number of benzene rings is 1. The molecule has 3 N–H and O–H groups in total. The largest absolute Gasteiger partial charge is 0.322 e. The molecular weight excluding hydrogens is 492 g/mol. The molecule has 1 aliphatic carbocycles. The lowest BCUT2D eigenvalue weighted by Crippen LogP contribution is -2.51. The second-order valence-electron chi connectivity index (χ2n) is 9.17. The first-order valence-electron chi connectivity index (χ1n) is 11.8. The van der Waals surface area contributed by atoms with Gasteiger partial charge in [0.05, 0.1) is 5.56 Å². The maximum atomic E-state index is 13.6. The van der Waals surface area contributed by atoms with E-state index in [1.165, 1.54) is 4.88 Å². The summed E-state index contributed by atoms with van der Waals surface area (Å²) in [5.74, 6) is -1.18. The van der Waals surface area contributed by atoms with Crippen LogP contribution in [-0.2, 0) is 22.4 Å². The van der Waals surface area contributed by atoms with Crippen LogP contribution in [0.4, 0.5) is 5.69 Å². The van der Waals surface area contributed by atoms with Crippen molar-refractivity contribution < 1.29 is 14.4 Å². The van der Waals surface area contributed by atoms with Crippen LogP contribution in [0.1, 0.15) is 56.2 Å². The van der Waals surface area contributed by atoms with Gasteiger partial charge in [-0.3, -0.25) is 25.0 Å². The number of thiocarbonyl (C=S) groups is 1. The Balaban J connectivity index is 1.59. The molecule has 3 amide bonds. The van der Waals surface area contributed by atoms with Gasteiger partial charge in [0.1, 0.15) is 10.6 Å². The van der Waals surface area contributed by atoms with Gasteiger partial charge in [0.2, 0.25) is 0 Å².